The zero-order valence-electron chi connectivity index (χ0n) is 12.0. The maximum absolute atomic E-state index is 10.4. The van der Waals surface area contributed by atoms with Crippen LogP contribution in [-0.4, -0.2) is 49.6 Å². The second-order valence-corrected chi connectivity index (χ2v) is 3.28. The minimum atomic E-state index is -0.918. The molecule has 1 aliphatic rings. The van der Waals surface area contributed by atoms with Crippen molar-refractivity contribution in [2.24, 2.45) is 0 Å². The van der Waals surface area contributed by atoms with Crippen molar-refractivity contribution in [3.05, 3.63) is 12.3 Å². The molecule has 0 unspecified atom stereocenters. The molecule has 1 saturated heterocycles. The predicted octanol–water partition coefficient (Wildman–Crippen LogP) is 0.641. The summed E-state index contributed by atoms with van der Waals surface area (Å²) >= 11 is 0. The lowest BCUT2D eigenvalue weighted by molar-refractivity contribution is -0.120. The molecule has 0 amide bonds. The van der Waals surface area contributed by atoms with Crippen molar-refractivity contribution in [1.82, 2.24) is 0 Å². The van der Waals surface area contributed by atoms with Gasteiger partial charge in [-0.1, -0.05) is 18.4 Å². The zero-order valence-corrected chi connectivity index (χ0v) is 12.0. The fraction of sp³-hybridized carbons (Fsp3) is 0.357. The largest absolute Gasteiger partial charge is 0.514 e. The molecule has 0 aromatic carbocycles. The van der Waals surface area contributed by atoms with Crippen LogP contribution in [0.5, 0.6) is 0 Å². The van der Waals surface area contributed by atoms with Gasteiger partial charge < -0.3 is 24.1 Å². The lowest BCUT2D eigenvalue weighted by Crippen LogP contribution is -2.12. The van der Waals surface area contributed by atoms with E-state index in [2.05, 4.69) is 37.9 Å². The van der Waals surface area contributed by atoms with Crippen molar-refractivity contribution in [1.29, 1.82) is 0 Å². The first-order valence-electron chi connectivity index (χ1n) is 5.66. The number of aliphatic hydroxyl groups excluding tert-OH is 1. The molecule has 0 spiro atoms. The summed E-state index contributed by atoms with van der Waals surface area (Å²) in [7, 11) is 0. The molecule has 120 valence electrons. The van der Waals surface area contributed by atoms with Gasteiger partial charge in [0.1, 0.15) is 12.4 Å². The molecule has 1 heterocycles. The minimum absolute atomic E-state index is 0.142. The first-order valence-corrected chi connectivity index (χ1v) is 5.66. The molecule has 0 aliphatic carbocycles. The smallest absolute Gasteiger partial charge is 0.426 e. The Balaban J connectivity index is 0. The molecule has 1 rings (SSSR count). The van der Waals surface area contributed by atoms with E-state index in [9.17, 15) is 14.4 Å². The first-order chi connectivity index (χ1) is 10.4. The fourth-order valence-corrected chi connectivity index (χ4v) is 0.619. The van der Waals surface area contributed by atoms with Crippen LogP contribution in [0.2, 0.25) is 0 Å². The number of rotatable bonds is 3. The zero-order chi connectivity index (χ0) is 17.4. The van der Waals surface area contributed by atoms with Crippen LogP contribution < -0.4 is 0 Å². The summed E-state index contributed by atoms with van der Waals surface area (Å²) in [6.45, 7) is 4.27. The normalized spacial score (nSPS) is 10.9. The number of terminal acetylenes is 2. The van der Waals surface area contributed by atoms with E-state index in [1.54, 1.807) is 0 Å². The molecule has 0 aromatic heterocycles. The van der Waals surface area contributed by atoms with Gasteiger partial charge in [-0.3, -0.25) is 4.79 Å². The van der Waals surface area contributed by atoms with Crippen LogP contribution in [0, 0.1) is 24.7 Å². The van der Waals surface area contributed by atoms with Gasteiger partial charge in [0.05, 0.1) is 0 Å². The van der Waals surface area contributed by atoms with Gasteiger partial charge in [0.2, 0.25) is 0 Å². The van der Waals surface area contributed by atoms with Crippen LogP contribution in [0.15, 0.2) is 12.3 Å². The number of cyclic esters (lactones) is 2. The molecule has 1 fully saturated rings. The average molecular weight is 312 g/mol. The molecule has 0 atom stereocenters. The third kappa shape index (κ3) is 17.0. The molecular formula is C14H16O8. The van der Waals surface area contributed by atoms with Crippen molar-refractivity contribution in [3.63, 3.8) is 0 Å². The Labute approximate surface area is 128 Å². The molecule has 0 aromatic rings. The molecule has 22 heavy (non-hydrogen) atoms. The Kier molecular flexibility index (Phi) is 14.0. The Morgan fingerprint density at radius 3 is 2.23 bits per heavy atom. The molecular weight excluding hydrogens is 296 g/mol. The molecule has 1 N–H and O–H groups in total. The van der Waals surface area contributed by atoms with E-state index in [1.807, 2.05) is 5.92 Å². The lowest BCUT2D eigenvalue weighted by atomic mass is 10.5. The van der Waals surface area contributed by atoms with Crippen LogP contribution in [-0.2, 0) is 23.7 Å². The van der Waals surface area contributed by atoms with E-state index in [-0.39, 0.29) is 32.2 Å². The van der Waals surface area contributed by atoms with E-state index in [0.717, 1.165) is 0 Å². The van der Waals surface area contributed by atoms with E-state index in [4.69, 9.17) is 11.5 Å². The molecule has 0 bridgehead atoms. The standard InChI is InChI=1S/C7H8O4.C4H4O3.C3H4O/c1-3-4-10-7(9)11-5-6(2)8;1-3-2-6-4(5)7-3;1-2-3-4/h1H,4-5H2,2H3;1-2H2;1,4H,3H2. The van der Waals surface area contributed by atoms with E-state index in [0.29, 0.717) is 5.76 Å². The summed E-state index contributed by atoms with van der Waals surface area (Å²) in [5.74, 6) is 4.20. The van der Waals surface area contributed by atoms with Gasteiger partial charge in [0.25, 0.3) is 0 Å². The van der Waals surface area contributed by atoms with Gasteiger partial charge in [0, 0.05) is 0 Å². The van der Waals surface area contributed by atoms with Gasteiger partial charge in [-0.25, -0.2) is 9.59 Å². The van der Waals surface area contributed by atoms with Gasteiger partial charge >= 0.3 is 12.3 Å². The van der Waals surface area contributed by atoms with E-state index < -0.39 is 12.3 Å². The maximum Gasteiger partial charge on any atom is 0.514 e. The highest BCUT2D eigenvalue weighted by atomic mass is 16.8. The predicted molar refractivity (Wildman–Crippen MR) is 74.3 cm³/mol. The Hall–Kier alpha value is -2.97. The average Bonchev–Trinajstić information content (AvgIpc) is 2.87. The molecule has 8 nitrogen and oxygen atoms in total. The highest BCUT2D eigenvalue weighted by Gasteiger charge is 2.15. The Bertz CT molecular complexity index is 452. The van der Waals surface area contributed by atoms with Crippen molar-refractivity contribution in [2.75, 3.05) is 26.4 Å². The van der Waals surface area contributed by atoms with Crippen LogP contribution in [0.25, 0.3) is 0 Å². The van der Waals surface area contributed by atoms with Crippen molar-refractivity contribution in [3.8, 4) is 24.7 Å². The third-order valence-electron chi connectivity index (χ3n) is 1.34. The van der Waals surface area contributed by atoms with Crippen LogP contribution in [0.1, 0.15) is 6.92 Å². The molecule has 0 radical (unpaired) electrons. The van der Waals surface area contributed by atoms with Crippen LogP contribution >= 0.6 is 0 Å². The highest BCUT2D eigenvalue weighted by molar-refractivity contribution is 5.78. The van der Waals surface area contributed by atoms with Gasteiger partial charge in [0.15, 0.2) is 25.6 Å². The van der Waals surface area contributed by atoms with Crippen molar-refractivity contribution >= 4 is 18.1 Å². The SMILES string of the molecule is C#CCO.C#CCOC(=O)OCC(C)=O.C=C1COC(=O)O1. The van der Waals surface area contributed by atoms with Gasteiger partial charge in [-0.15, -0.1) is 12.8 Å². The number of aliphatic hydroxyl groups is 1. The second kappa shape index (κ2) is 14.4. The van der Waals surface area contributed by atoms with Crippen LogP contribution in [0.4, 0.5) is 9.59 Å². The topological polar surface area (TPSA) is 108 Å². The second-order valence-electron chi connectivity index (χ2n) is 3.28. The summed E-state index contributed by atoms with van der Waals surface area (Å²) in [6, 6.07) is 0. The molecule has 8 heteroatoms. The number of Topliss-reactive ketones (excluding diaryl/α,β-unsaturated/α-hetero) is 1. The quantitative estimate of drug-likeness (QED) is 0.597. The van der Waals surface area contributed by atoms with Gasteiger partial charge in [-0.05, 0) is 6.92 Å². The number of hydrogen-bond donors (Lipinski definition) is 1. The Morgan fingerprint density at radius 1 is 1.36 bits per heavy atom. The van der Waals surface area contributed by atoms with E-state index in [1.165, 1.54) is 6.92 Å². The summed E-state index contributed by atoms with van der Waals surface area (Å²) in [4.78, 5) is 30.6. The highest BCUT2D eigenvalue weighted by Crippen LogP contribution is 2.05. The number of carbonyl (C=O) groups excluding carboxylic acids is 3. The van der Waals surface area contributed by atoms with E-state index >= 15 is 0 Å². The first kappa shape index (κ1) is 21.3. The number of ketones is 1. The monoisotopic (exact) mass is 312 g/mol. The summed E-state index contributed by atoms with van der Waals surface area (Å²) in [6.07, 6.45) is 7.74. The summed E-state index contributed by atoms with van der Waals surface area (Å²) in [5.41, 5.74) is 0. The minimum Gasteiger partial charge on any atom is -0.426 e. The fourth-order valence-electron chi connectivity index (χ4n) is 0.619. The number of ether oxygens (including phenoxy) is 4. The molecule has 0 saturated carbocycles. The maximum atomic E-state index is 10.4. The van der Waals surface area contributed by atoms with Crippen LogP contribution in [0.3, 0.4) is 0 Å². The number of carbonyl (C=O) groups is 3. The number of hydrogen-bond acceptors (Lipinski definition) is 8. The third-order valence-corrected chi connectivity index (χ3v) is 1.34. The summed E-state index contributed by atoms with van der Waals surface area (Å²) in [5, 5.41) is 7.64. The molecule has 1 aliphatic heterocycles. The Morgan fingerprint density at radius 2 is 1.95 bits per heavy atom. The summed E-state index contributed by atoms with van der Waals surface area (Å²) < 4.78 is 17.2. The van der Waals surface area contributed by atoms with Gasteiger partial charge in [-0.2, -0.15) is 0 Å². The lowest BCUT2D eigenvalue weighted by Gasteiger charge is -1.99. The van der Waals surface area contributed by atoms with Crippen molar-refractivity contribution in [2.45, 2.75) is 6.92 Å². The van der Waals surface area contributed by atoms with Crippen molar-refractivity contribution < 1.29 is 38.4 Å².